The number of halogens is 2. The number of alkyl halides is 2. The van der Waals surface area contributed by atoms with Crippen molar-refractivity contribution in [3.8, 4) is 0 Å². The van der Waals surface area contributed by atoms with Crippen molar-refractivity contribution in [3.05, 3.63) is 23.4 Å². The van der Waals surface area contributed by atoms with Gasteiger partial charge in [0, 0.05) is 26.2 Å². The molecular weight excluding hydrogens is 226 g/mol. The van der Waals surface area contributed by atoms with E-state index in [0.29, 0.717) is 32.1 Å². The van der Waals surface area contributed by atoms with E-state index in [1.54, 1.807) is 13.1 Å². The number of morpholine rings is 1. The summed E-state index contributed by atoms with van der Waals surface area (Å²) in [5.41, 5.74) is 0.748. The average molecular weight is 242 g/mol. The van der Waals surface area contributed by atoms with Gasteiger partial charge in [0.1, 0.15) is 5.82 Å². The molecule has 1 fully saturated rings. The maximum atomic E-state index is 13.6. The van der Waals surface area contributed by atoms with E-state index >= 15 is 0 Å². The topological polar surface area (TPSA) is 25.4 Å². The van der Waals surface area contributed by atoms with Gasteiger partial charge in [0.2, 0.25) is 0 Å². The summed E-state index contributed by atoms with van der Waals surface area (Å²) in [6.07, 6.45) is 1.63. The number of anilines is 1. The highest BCUT2D eigenvalue weighted by atomic mass is 19.3. The molecular formula is C12H16F2N2O. The molecule has 2 heterocycles. The van der Waals surface area contributed by atoms with Crippen LogP contribution in [0.4, 0.5) is 14.6 Å². The van der Waals surface area contributed by atoms with Gasteiger partial charge in [0.25, 0.3) is 5.92 Å². The van der Waals surface area contributed by atoms with Crippen LogP contribution in [0, 0.1) is 6.92 Å². The summed E-state index contributed by atoms with van der Waals surface area (Å²) in [5.74, 6) is -2.49. The molecule has 0 aliphatic carbocycles. The van der Waals surface area contributed by atoms with Gasteiger partial charge in [0.15, 0.2) is 0 Å². The van der Waals surface area contributed by atoms with Crippen LogP contribution in [0.15, 0.2) is 12.3 Å². The van der Waals surface area contributed by atoms with Gasteiger partial charge >= 0.3 is 0 Å². The van der Waals surface area contributed by atoms with Gasteiger partial charge in [-0.1, -0.05) is 0 Å². The highest BCUT2D eigenvalue weighted by Gasteiger charge is 2.31. The highest BCUT2D eigenvalue weighted by Crippen LogP contribution is 2.34. The van der Waals surface area contributed by atoms with E-state index in [-0.39, 0.29) is 5.56 Å². The standard InChI is InChI=1S/C12H16F2N2O/c1-9-7-10(12(2,13)14)11(15-8-9)16-3-5-17-6-4-16/h7-8H,3-6H2,1-2H3. The van der Waals surface area contributed by atoms with Crippen LogP contribution < -0.4 is 4.90 Å². The van der Waals surface area contributed by atoms with Gasteiger partial charge < -0.3 is 9.64 Å². The average Bonchev–Trinajstić information content (AvgIpc) is 2.29. The lowest BCUT2D eigenvalue weighted by Gasteiger charge is -2.30. The Labute approximate surface area is 99.4 Å². The Hall–Kier alpha value is -1.23. The summed E-state index contributed by atoms with van der Waals surface area (Å²) in [7, 11) is 0. The van der Waals surface area contributed by atoms with Gasteiger partial charge in [0.05, 0.1) is 18.8 Å². The van der Waals surface area contributed by atoms with Gasteiger partial charge in [-0.25, -0.2) is 13.8 Å². The van der Waals surface area contributed by atoms with Crippen molar-refractivity contribution in [2.24, 2.45) is 0 Å². The molecule has 3 nitrogen and oxygen atoms in total. The Morgan fingerprint density at radius 3 is 2.59 bits per heavy atom. The fourth-order valence-corrected chi connectivity index (χ4v) is 1.91. The number of ether oxygens (including phenoxy) is 1. The number of hydrogen-bond donors (Lipinski definition) is 0. The number of pyridine rings is 1. The van der Waals surface area contributed by atoms with Crippen molar-refractivity contribution in [3.63, 3.8) is 0 Å². The third-order valence-electron chi connectivity index (χ3n) is 2.79. The van der Waals surface area contributed by atoms with Crippen molar-refractivity contribution in [2.45, 2.75) is 19.8 Å². The van der Waals surface area contributed by atoms with Gasteiger partial charge in [-0.3, -0.25) is 0 Å². The summed E-state index contributed by atoms with van der Waals surface area (Å²) in [4.78, 5) is 6.02. The Morgan fingerprint density at radius 1 is 1.35 bits per heavy atom. The summed E-state index contributed by atoms with van der Waals surface area (Å²) < 4.78 is 32.3. The second-order valence-electron chi connectivity index (χ2n) is 4.37. The van der Waals surface area contributed by atoms with Crippen molar-refractivity contribution in [1.29, 1.82) is 0 Å². The van der Waals surface area contributed by atoms with Gasteiger partial charge in [-0.15, -0.1) is 0 Å². The van der Waals surface area contributed by atoms with Crippen LogP contribution in [-0.4, -0.2) is 31.3 Å². The highest BCUT2D eigenvalue weighted by molar-refractivity contribution is 5.50. The van der Waals surface area contributed by atoms with E-state index in [0.717, 1.165) is 12.5 Å². The minimum atomic E-state index is -2.87. The van der Waals surface area contributed by atoms with Gasteiger partial charge in [-0.2, -0.15) is 0 Å². The third-order valence-corrected chi connectivity index (χ3v) is 2.79. The number of rotatable bonds is 2. The minimum absolute atomic E-state index is 0.000556. The number of aromatic nitrogens is 1. The molecule has 0 spiro atoms. The molecule has 0 N–H and O–H groups in total. The summed E-state index contributed by atoms with van der Waals surface area (Å²) in [6, 6.07) is 1.51. The van der Waals surface area contributed by atoms with Crippen LogP contribution in [-0.2, 0) is 10.7 Å². The zero-order valence-corrected chi connectivity index (χ0v) is 10.0. The van der Waals surface area contributed by atoms with E-state index in [1.165, 1.54) is 6.07 Å². The Morgan fingerprint density at radius 2 is 2.00 bits per heavy atom. The molecule has 94 valence electrons. The molecule has 2 rings (SSSR count). The Bertz CT molecular complexity index is 398. The number of nitrogens with zero attached hydrogens (tertiary/aromatic N) is 2. The molecule has 0 radical (unpaired) electrons. The molecule has 1 aromatic rings. The van der Waals surface area contributed by atoms with Crippen LogP contribution in [0.5, 0.6) is 0 Å². The van der Waals surface area contributed by atoms with Crippen LogP contribution in [0.2, 0.25) is 0 Å². The van der Waals surface area contributed by atoms with Crippen molar-refractivity contribution in [1.82, 2.24) is 4.98 Å². The van der Waals surface area contributed by atoms with E-state index in [4.69, 9.17) is 4.74 Å². The zero-order valence-electron chi connectivity index (χ0n) is 10.0. The molecule has 0 atom stereocenters. The number of aryl methyl sites for hydroxylation is 1. The molecule has 1 saturated heterocycles. The molecule has 1 aliphatic rings. The minimum Gasteiger partial charge on any atom is -0.378 e. The monoisotopic (exact) mass is 242 g/mol. The normalized spacial score (nSPS) is 17.3. The molecule has 0 amide bonds. The van der Waals surface area contributed by atoms with Crippen LogP contribution in [0.3, 0.4) is 0 Å². The summed E-state index contributed by atoms with van der Waals surface area (Å²) in [5, 5.41) is 0. The first-order valence-electron chi connectivity index (χ1n) is 5.66. The second kappa shape index (κ2) is 4.56. The first-order valence-corrected chi connectivity index (χ1v) is 5.66. The molecule has 0 unspecified atom stereocenters. The first kappa shape index (κ1) is 12.2. The predicted molar refractivity (Wildman–Crippen MR) is 61.6 cm³/mol. The fourth-order valence-electron chi connectivity index (χ4n) is 1.91. The van der Waals surface area contributed by atoms with E-state index in [1.807, 2.05) is 4.90 Å². The quantitative estimate of drug-likeness (QED) is 0.796. The molecule has 1 aliphatic heterocycles. The van der Waals surface area contributed by atoms with Crippen molar-refractivity contribution < 1.29 is 13.5 Å². The maximum absolute atomic E-state index is 13.6. The molecule has 17 heavy (non-hydrogen) atoms. The molecule has 0 bridgehead atoms. The van der Waals surface area contributed by atoms with Crippen LogP contribution in [0.1, 0.15) is 18.1 Å². The van der Waals surface area contributed by atoms with E-state index in [9.17, 15) is 8.78 Å². The zero-order chi connectivity index (χ0) is 12.5. The lowest BCUT2D eigenvalue weighted by Crippen LogP contribution is -2.38. The second-order valence-corrected chi connectivity index (χ2v) is 4.37. The summed E-state index contributed by atoms with van der Waals surface area (Å²) in [6.45, 7) is 5.02. The van der Waals surface area contributed by atoms with Crippen molar-refractivity contribution in [2.75, 3.05) is 31.2 Å². The molecule has 0 aromatic carbocycles. The molecule has 0 saturated carbocycles. The van der Waals surface area contributed by atoms with E-state index in [2.05, 4.69) is 4.98 Å². The lowest BCUT2D eigenvalue weighted by atomic mass is 10.1. The van der Waals surface area contributed by atoms with Crippen LogP contribution in [0.25, 0.3) is 0 Å². The lowest BCUT2D eigenvalue weighted by molar-refractivity contribution is 0.0172. The third kappa shape index (κ3) is 2.72. The first-order chi connectivity index (χ1) is 7.98. The SMILES string of the molecule is Cc1cnc(N2CCOCC2)c(C(C)(F)F)c1. The predicted octanol–water partition coefficient (Wildman–Crippen LogP) is 2.34. The van der Waals surface area contributed by atoms with Crippen LogP contribution >= 0.6 is 0 Å². The van der Waals surface area contributed by atoms with Crippen molar-refractivity contribution >= 4 is 5.82 Å². The fraction of sp³-hybridized carbons (Fsp3) is 0.583. The Balaban J connectivity index is 2.38. The largest absolute Gasteiger partial charge is 0.378 e. The Kier molecular flexibility index (Phi) is 3.28. The summed E-state index contributed by atoms with van der Waals surface area (Å²) >= 11 is 0. The van der Waals surface area contributed by atoms with E-state index < -0.39 is 5.92 Å². The smallest absolute Gasteiger partial charge is 0.274 e. The molecule has 5 heteroatoms. The maximum Gasteiger partial charge on any atom is 0.274 e. The number of hydrogen-bond acceptors (Lipinski definition) is 3. The molecule has 1 aromatic heterocycles. The van der Waals surface area contributed by atoms with Gasteiger partial charge in [-0.05, 0) is 18.6 Å².